The van der Waals surface area contributed by atoms with E-state index in [4.69, 9.17) is 43.0 Å². The van der Waals surface area contributed by atoms with Crippen LogP contribution in [0.25, 0.3) is 0 Å². The number of aliphatic hydroxyl groups is 3. The summed E-state index contributed by atoms with van der Waals surface area (Å²) in [5.41, 5.74) is 0.350. The predicted octanol–water partition coefficient (Wildman–Crippen LogP) is 3.96. The van der Waals surface area contributed by atoms with Gasteiger partial charge in [0.05, 0.1) is 32.3 Å². The summed E-state index contributed by atoms with van der Waals surface area (Å²) < 4.78 is 147. The molecule has 3 aliphatic heterocycles. The van der Waals surface area contributed by atoms with Gasteiger partial charge in [0.2, 0.25) is 18.1 Å². The van der Waals surface area contributed by atoms with Crippen molar-refractivity contribution in [2.24, 2.45) is 11.0 Å². The summed E-state index contributed by atoms with van der Waals surface area (Å²) in [6.45, 7) is 2.24. The van der Waals surface area contributed by atoms with Gasteiger partial charge in [-0.15, -0.1) is 5.10 Å². The first-order valence-corrected chi connectivity index (χ1v) is 21.4. The smallest absolute Gasteiger partial charge is 0.433 e. The second-order valence-corrected chi connectivity index (χ2v) is 16.1. The van der Waals surface area contributed by atoms with Crippen LogP contribution in [0.1, 0.15) is 43.2 Å². The average Bonchev–Trinajstić information content (AvgIpc) is 3.88. The summed E-state index contributed by atoms with van der Waals surface area (Å²) in [5.74, 6) is -3.45. The molecule has 2 fully saturated rings. The zero-order valence-electron chi connectivity index (χ0n) is 37.3. The molecule has 388 valence electrons. The molecule has 0 aliphatic carbocycles. The fraction of sp³-hybridized carbons (Fsp3) is 0.524. The van der Waals surface area contributed by atoms with Crippen LogP contribution < -0.4 is 19.6 Å². The van der Waals surface area contributed by atoms with Gasteiger partial charge in [0.15, 0.2) is 35.3 Å². The summed E-state index contributed by atoms with van der Waals surface area (Å²) in [7, 11) is 2.94. The van der Waals surface area contributed by atoms with Gasteiger partial charge in [0.25, 0.3) is 0 Å². The first kappa shape index (κ1) is 56.9. The fourth-order valence-electron chi connectivity index (χ4n) is 6.71. The highest BCUT2D eigenvalue weighted by Gasteiger charge is 2.51. The van der Waals surface area contributed by atoms with Crippen molar-refractivity contribution in [3.63, 3.8) is 0 Å². The number of aromatic amines is 1. The molecule has 1 aromatic heterocycles. The van der Waals surface area contributed by atoms with E-state index in [2.05, 4.69) is 26.1 Å². The molecular formula is C42H47BrF8N4O15. The zero-order chi connectivity index (χ0) is 52.2. The number of halogens is 9. The van der Waals surface area contributed by atoms with Crippen molar-refractivity contribution in [1.29, 1.82) is 0 Å². The van der Waals surface area contributed by atoms with Crippen molar-refractivity contribution >= 4 is 45.5 Å². The number of benzene rings is 2. The Morgan fingerprint density at radius 3 is 1.83 bits per heavy atom. The van der Waals surface area contributed by atoms with Crippen LogP contribution >= 0.6 is 15.9 Å². The number of amides is 1. The lowest BCUT2D eigenvalue weighted by Gasteiger charge is -2.40. The molecule has 70 heavy (non-hydrogen) atoms. The van der Waals surface area contributed by atoms with Gasteiger partial charge in [-0.2, -0.15) is 31.4 Å². The van der Waals surface area contributed by atoms with Gasteiger partial charge in [-0.1, -0.05) is 40.2 Å². The van der Waals surface area contributed by atoms with Gasteiger partial charge in [-0.05, 0) is 41.8 Å². The third-order valence-corrected chi connectivity index (χ3v) is 10.8. The molecule has 3 aliphatic rings. The molecule has 6 rings (SSSR count). The van der Waals surface area contributed by atoms with Crippen molar-refractivity contribution in [3.05, 3.63) is 70.9 Å². The number of alkyl halides is 9. The molecule has 0 spiro atoms. The van der Waals surface area contributed by atoms with Crippen LogP contribution in [0.4, 0.5) is 35.1 Å². The quantitative estimate of drug-likeness (QED) is 0.0703. The third kappa shape index (κ3) is 15.4. The third-order valence-electron chi connectivity index (χ3n) is 10.1. The second kappa shape index (κ2) is 24.9. The largest absolute Gasteiger partial charge is 0.497 e. The first-order valence-electron chi connectivity index (χ1n) is 20.5. The van der Waals surface area contributed by atoms with Crippen LogP contribution in [0.15, 0.2) is 53.6 Å². The standard InChI is InChI=1S/C18H20F4N2O6.C12H16BrFO7.C12H11F3N2O2/c1-28-9-4-2-8(3-5-9)6-10-15(18(20,21)22)23-24-16(10)30-17-14(27)13(26)12(19)11(7-25)29-17;1-5(15)18-4-8-9(14)10(19-6(2)16)11(12(13)21-8)20-7(3)17;1-19-8-4-2-7(3-5-8)6-9-10(12(13,14)15)16-17-11(9)18/h2-5,11-14,17,25-27H,6-7H2,1H3,(H,23,24);8-12H,4H2,1-3H3;2-5,9H,6H2,1H3,(H,17,18). The van der Waals surface area contributed by atoms with Gasteiger partial charge < -0.3 is 53.2 Å². The molecule has 0 radical (unpaired) electrons. The minimum atomic E-state index is -4.78. The molecule has 28 heteroatoms. The Kier molecular flexibility index (Phi) is 20.3. The van der Waals surface area contributed by atoms with Gasteiger partial charge in [-0.25, -0.2) is 14.2 Å². The van der Waals surface area contributed by atoms with Crippen LogP contribution in [0.3, 0.4) is 0 Å². The highest BCUT2D eigenvalue weighted by molar-refractivity contribution is 9.09. The summed E-state index contributed by atoms with van der Waals surface area (Å²) in [5, 5.41) is 36.5. The summed E-state index contributed by atoms with van der Waals surface area (Å²) in [6, 6.07) is 12.8. The van der Waals surface area contributed by atoms with E-state index in [9.17, 15) is 64.5 Å². The molecule has 0 saturated carbocycles. The first-order chi connectivity index (χ1) is 32.8. The van der Waals surface area contributed by atoms with Crippen molar-refractivity contribution in [3.8, 4) is 17.4 Å². The van der Waals surface area contributed by atoms with Gasteiger partial charge >= 0.3 is 30.3 Å². The summed E-state index contributed by atoms with van der Waals surface area (Å²) in [6.07, 6.45) is -24.4. The van der Waals surface area contributed by atoms with Crippen molar-refractivity contribution in [2.45, 2.75) is 106 Å². The monoisotopic (exact) mass is 1080 g/mol. The van der Waals surface area contributed by atoms with E-state index in [1.807, 2.05) is 10.5 Å². The maximum absolute atomic E-state index is 14.4. The Hall–Kier alpha value is -5.68. The molecule has 11 unspecified atom stereocenters. The van der Waals surface area contributed by atoms with Crippen LogP contribution in [0, 0.1) is 5.92 Å². The molecule has 1 amide bonds. The molecule has 11 atom stereocenters. The second-order valence-electron chi connectivity index (χ2n) is 15.2. The molecular weight excluding hydrogens is 1030 g/mol. The number of carbonyl (C=O) groups is 4. The molecule has 19 nitrogen and oxygen atoms in total. The van der Waals surface area contributed by atoms with E-state index in [1.165, 1.54) is 21.1 Å². The maximum Gasteiger partial charge on any atom is 0.433 e. The number of ether oxygens (including phenoxy) is 8. The summed E-state index contributed by atoms with van der Waals surface area (Å²) in [4.78, 5) is 44.3. The van der Waals surface area contributed by atoms with Crippen molar-refractivity contribution in [2.75, 3.05) is 27.4 Å². The molecule has 2 saturated heterocycles. The normalized spacial score (nSPS) is 26.4. The SMILES string of the molecule is CC(=O)OCC1OC(Br)C(OC(C)=O)C(OC(C)=O)C1F.COc1ccc(CC2C(=O)NN=C2C(F)(F)F)cc1.COc1ccc(Cc2c(OC3OC(CO)C(F)C(O)C3O)n[nH]c2C(F)(F)F)cc1. The van der Waals surface area contributed by atoms with Crippen molar-refractivity contribution in [1.82, 2.24) is 15.6 Å². The fourth-order valence-corrected chi connectivity index (χ4v) is 7.40. The number of carbonyl (C=O) groups excluding carboxylic acids is 4. The summed E-state index contributed by atoms with van der Waals surface area (Å²) >= 11 is 3.09. The van der Waals surface area contributed by atoms with E-state index in [0.717, 1.165) is 13.8 Å². The molecule has 2 aromatic carbocycles. The number of hydrogen-bond donors (Lipinski definition) is 5. The number of nitrogens with one attached hydrogen (secondary N) is 2. The van der Waals surface area contributed by atoms with Gasteiger partial charge in [0.1, 0.15) is 48.2 Å². The minimum Gasteiger partial charge on any atom is -0.497 e. The van der Waals surface area contributed by atoms with Crippen LogP contribution in [-0.2, 0) is 61.9 Å². The Morgan fingerprint density at radius 2 is 1.33 bits per heavy atom. The lowest BCUT2D eigenvalue weighted by atomic mass is 9.94. The molecule has 4 heterocycles. The number of methoxy groups -OCH3 is 2. The molecule has 5 N–H and O–H groups in total. The number of rotatable bonds is 13. The number of esters is 3. The molecule has 3 aromatic rings. The van der Waals surface area contributed by atoms with Crippen molar-refractivity contribution < 1.29 is 108 Å². The number of aliphatic hydroxyl groups excluding tert-OH is 3. The number of hydrazone groups is 1. The van der Waals surface area contributed by atoms with E-state index < -0.39 is 126 Å². The Bertz CT molecular complexity index is 2250. The van der Waals surface area contributed by atoms with Crippen LogP contribution in [-0.4, -0.2) is 149 Å². The number of nitrogens with zero attached hydrogens (tertiary/aromatic N) is 2. The van der Waals surface area contributed by atoms with Crippen LogP contribution in [0.2, 0.25) is 0 Å². The number of hydrogen-bond acceptors (Lipinski definition) is 17. The highest BCUT2D eigenvalue weighted by Crippen LogP contribution is 2.37. The van der Waals surface area contributed by atoms with Gasteiger partial charge in [-0.3, -0.25) is 24.3 Å². The lowest BCUT2D eigenvalue weighted by Crippen LogP contribution is -2.58. The van der Waals surface area contributed by atoms with E-state index >= 15 is 0 Å². The van der Waals surface area contributed by atoms with E-state index in [-0.39, 0.29) is 25.0 Å². The average molecular weight is 1080 g/mol. The minimum absolute atomic E-state index is 0.0474. The lowest BCUT2D eigenvalue weighted by molar-refractivity contribution is -0.266. The Morgan fingerprint density at radius 1 is 0.771 bits per heavy atom. The van der Waals surface area contributed by atoms with E-state index in [0.29, 0.717) is 22.6 Å². The number of H-pyrrole nitrogens is 1. The van der Waals surface area contributed by atoms with Crippen LogP contribution in [0.5, 0.6) is 17.4 Å². The highest BCUT2D eigenvalue weighted by atomic mass is 79.9. The van der Waals surface area contributed by atoms with E-state index in [1.54, 1.807) is 48.5 Å². The Balaban J connectivity index is 0.000000237. The predicted molar refractivity (Wildman–Crippen MR) is 225 cm³/mol. The topological polar surface area (TPSA) is 256 Å². The number of aromatic nitrogens is 2. The zero-order valence-corrected chi connectivity index (χ0v) is 38.9. The van der Waals surface area contributed by atoms with Gasteiger partial charge in [0, 0.05) is 27.2 Å². The Labute approximate surface area is 400 Å². The molecule has 0 bridgehead atoms. The maximum atomic E-state index is 14.4.